The number of carboxylic acid groups (broad SMARTS) is 1. The largest absolute Gasteiger partial charge is 0.486 e. The predicted octanol–water partition coefficient (Wildman–Crippen LogP) is 2.40. The summed E-state index contributed by atoms with van der Waals surface area (Å²) in [7, 11) is 0. The monoisotopic (exact) mass is 353 g/mol. The molecule has 2 aromatic carbocycles. The van der Waals surface area contributed by atoms with Gasteiger partial charge in [-0.05, 0) is 17.7 Å². The molecule has 6 nitrogen and oxygen atoms in total. The molecule has 2 atom stereocenters. The minimum atomic E-state index is -0.885. The predicted molar refractivity (Wildman–Crippen MR) is 93.6 cm³/mol. The lowest BCUT2D eigenvalue weighted by Gasteiger charge is -2.23. The van der Waals surface area contributed by atoms with Crippen LogP contribution in [0.15, 0.2) is 48.5 Å². The van der Waals surface area contributed by atoms with Crippen molar-refractivity contribution in [3.05, 3.63) is 59.7 Å². The molecule has 2 aliphatic rings. The Hall–Kier alpha value is -3.02. The first-order chi connectivity index (χ1) is 12.6. The fraction of sp³-hybridized carbons (Fsp3) is 0.300. The van der Waals surface area contributed by atoms with Gasteiger partial charge < -0.3 is 19.5 Å². The number of hydrogen-bond acceptors (Lipinski definition) is 4. The van der Waals surface area contributed by atoms with Crippen molar-refractivity contribution in [1.29, 1.82) is 0 Å². The van der Waals surface area contributed by atoms with Gasteiger partial charge in [0.2, 0.25) is 0 Å². The van der Waals surface area contributed by atoms with Gasteiger partial charge in [-0.2, -0.15) is 0 Å². The average Bonchev–Trinajstić information content (AvgIpc) is 3.13. The Morgan fingerprint density at radius 1 is 0.962 bits per heavy atom. The molecule has 0 aromatic heterocycles. The number of benzene rings is 2. The Labute approximate surface area is 151 Å². The van der Waals surface area contributed by atoms with Gasteiger partial charge in [0.15, 0.2) is 11.5 Å². The van der Waals surface area contributed by atoms with E-state index in [1.807, 2.05) is 30.3 Å². The Balaban J connectivity index is 1.63. The van der Waals surface area contributed by atoms with Crippen molar-refractivity contribution >= 4 is 11.9 Å². The van der Waals surface area contributed by atoms with Crippen LogP contribution in [0.3, 0.4) is 0 Å². The summed E-state index contributed by atoms with van der Waals surface area (Å²) in [6.07, 6.45) is 0. The summed E-state index contributed by atoms with van der Waals surface area (Å²) in [5.41, 5.74) is 1.35. The van der Waals surface area contributed by atoms with Crippen molar-refractivity contribution in [2.24, 2.45) is 5.92 Å². The van der Waals surface area contributed by atoms with E-state index >= 15 is 0 Å². The van der Waals surface area contributed by atoms with Crippen molar-refractivity contribution in [2.75, 3.05) is 26.3 Å². The fourth-order valence-electron chi connectivity index (χ4n) is 3.67. The molecule has 2 aromatic rings. The highest BCUT2D eigenvalue weighted by Crippen LogP contribution is 2.37. The van der Waals surface area contributed by atoms with E-state index in [0.717, 1.165) is 5.56 Å². The van der Waals surface area contributed by atoms with Gasteiger partial charge in [0.25, 0.3) is 5.91 Å². The number of carbonyl (C=O) groups excluding carboxylic acids is 1. The number of para-hydroxylation sites is 1. The first-order valence-electron chi connectivity index (χ1n) is 8.61. The molecule has 26 heavy (non-hydrogen) atoms. The molecule has 0 saturated carbocycles. The SMILES string of the molecule is O=C(O)C1CN(C(=O)c2cccc3c2OCCO3)CC1c1ccccc1. The molecule has 4 rings (SSSR count). The van der Waals surface area contributed by atoms with Crippen molar-refractivity contribution in [3.8, 4) is 11.5 Å². The van der Waals surface area contributed by atoms with E-state index in [1.165, 1.54) is 0 Å². The highest BCUT2D eigenvalue weighted by Gasteiger charge is 2.41. The zero-order valence-corrected chi connectivity index (χ0v) is 14.1. The molecular formula is C20H19NO5. The van der Waals surface area contributed by atoms with E-state index in [0.29, 0.717) is 36.8 Å². The lowest BCUT2D eigenvalue weighted by atomic mass is 9.89. The van der Waals surface area contributed by atoms with Crippen LogP contribution in [-0.2, 0) is 4.79 Å². The molecule has 0 bridgehead atoms. The normalized spacial score (nSPS) is 21.5. The number of hydrogen-bond donors (Lipinski definition) is 1. The molecule has 1 fully saturated rings. The molecular weight excluding hydrogens is 334 g/mol. The van der Waals surface area contributed by atoms with E-state index in [9.17, 15) is 14.7 Å². The van der Waals surface area contributed by atoms with Crippen LogP contribution >= 0.6 is 0 Å². The highest BCUT2D eigenvalue weighted by molar-refractivity contribution is 5.98. The second-order valence-corrected chi connectivity index (χ2v) is 6.50. The number of rotatable bonds is 3. The molecule has 2 unspecified atom stereocenters. The van der Waals surface area contributed by atoms with Crippen molar-refractivity contribution in [1.82, 2.24) is 4.90 Å². The van der Waals surface area contributed by atoms with Gasteiger partial charge in [-0.3, -0.25) is 9.59 Å². The van der Waals surface area contributed by atoms with Crippen molar-refractivity contribution in [2.45, 2.75) is 5.92 Å². The maximum atomic E-state index is 13.1. The molecule has 2 aliphatic heterocycles. The minimum absolute atomic E-state index is 0.179. The quantitative estimate of drug-likeness (QED) is 0.917. The smallest absolute Gasteiger partial charge is 0.308 e. The summed E-state index contributed by atoms with van der Waals surface area (Å²) in [6, 6.07) is 14.7. The lowest BCUT2D eigenvalue weighted by Crippen LogP contribution is -2.31. The molecule has 1 amide bonds. The number of likely N-dealkylation sites (tertiary alicyclic amines) is 1. The third kappa shape index (κ3) is 2.87. The average molecular weight is 353 g/mol. The Morgan fingerprint density at radius 2 is 1.73 bits per heavy atom. The number of carbonyl (C=O) groups is 2. The van der Waals surface area contributed by atoms with Gasteiger partial charge in [-0.1, -0.05) is 36.4 Å². The molecule has 0 aliphatic carbocycles. The zero-order valence-electron chi connectivity index (χ0n) is 14.1. The van der Waals surface area contributed by atoms with E-state index in [4.69, 9.17) is 9.47 Å². The number of ether oxygens (including phenoxy) is 2. The first-order valence-corrected chi connectivity index (χ1v) is 8.61. The summed E-state index contributed by atoms with van der Waals surface area (Å²) in [6.45, 7) is 1.38. The summed E-state index contributed by atoms with van der Waals surface area (Å²) in [5.74, 6) is -0.970. The van der Waals surface area contributed by atoms with Crippen LogP contribution < -0.4 is 9.47 Å². The molecule has 0 radical (unpaired) electrons. The van der Waals surface area contributed by atoms with Crippen LogP contribution in [0.2, 0.25) is 0 Å². The molecule has 1 N–H and O–H groups in total. The second-order valence-electron chi connectivity index (χ2n) is 6.50. The van der Waals surface area contributed by atoms with Gasteiger partial charge in [-0.15, -0.1) is 0 Å². The summed E-state index contributed by atoms with van der Waals surface area (Å²) >= 11 is 0. The van der Waals surface area contributed by atoms with E-state index in [-0.39, 0.29) is 18.4 Å². The molecule has 6 heteroatoms. The Morgan fingerprint density at radius 3 is 2.50 bits per heavy atom. The second kappa shape index (κ2) is 6.71. The molecule has 0 spiro atoms. The van der Waals surface area contributed by atoms with Gasteiger partial charge in [0.05, 0.1) is 11.5 Å². The van der Waals surface area contributed by atoms with Gasteiger partial charge in [-0.25, -0.2) is 0 Å². The number of amides is 1. The standard InChI is InChI=1S/C20H19NO5/c22-19(14-7-4-8-17-18(14)26-10-9-25-17)21-11-15(16(12-21)20(23)24)13-5-2-1-3-6-13/h1-8,15-16H,9-12H2,(H,23,24). The van der Waals surface area contributed by atoms with Crippen LogP contribution in [0, 0.1) is 5.92 Å². The molecule has 134 valence electrons. The van der Waals surface area contributed by atoms with Crippen LogP contribution in [0.4, 0.5) is 0 Å². The third-order valence-electron chi connectivity index (χ3n) is 4.95. The maximum absolute atomic E-state index is 13.1. The van der Waals surface area contributed by atoms with Crippen LogP contribution in [0.1, 0.15) is 21.8 Å². The summed E-state index contributed by atoms with van der Waals surface area (Å²) in [4.78, 5) is 26.4. The van der Waals surface area contributed by atoms with Crippen molar-refractivity contribution in [3.63, 3.8) is 0 Å². The van der Waals surface area contributed by atoms with E-state index in [1.54, 1.807) is 23.1 Å². The number of fused-ring (bicyclic) bond motifs is 1. The fourth-order valence-corrected chi connectivity index (χ4v) is 3.67. The first kappa shape index (κ1) is 16.4. The third-order valence-corrected chi connectivity index (χ3v) is 4.95. The molecule has 1 saturated heterocycles. The van der Waals surface area contributed by atoms with Crippen molar-refractivity contribution < 1.29 is 24.2 Å². The topological polar surface area (TPSA) is 76.1 Å². The van der Waals surface area contributed by atoms with E-state index in [2.05, 4.69) is 0 Å². The Kier molecular flexibility index (Phi) is 4.24. The highest BCUT2D eigenvalue weighted by atomic mass is 16.6. The number of carboxylic acids is 1. The summed E-state index contributed by atoms with van der Waals surface area (Å²) in [5, 5.41) is 9.62. The summed E-state index contributed by atoms with van der Waals surface area (Å²) < 4.78 is 11.2. The van der Waals surface area contributed by atoms with Gasteiger partial charge >= 0.3 is 5.97 Å². The maximum Gasteiger partial charge on any atom is 0.308 e. The Bertz CT molecular complexity index is 835. The van der Waals surface area contributed by atoms with Crippen LogP contribution in [-0.4, -0.2) is 48.2 Å². The van der Waals surface area contributed by atoms with Crippen LogP contribution in [0.25, 0.3) is 0 Å². The minimum Gasteiger partial charge on any atom is -0.486 e. The van der Waals surface area contributed by atoms with Crippen LogP contribution in [0.5, 0.6) is 11.5 Å². The zero-order chi connectivity index (χ0) is 18.1. The number of aliphatic carboxylic acids is 1. The lowest BCUT2D eigenvalue weighted by molar-refractivity contribution is -0.141. The van der Waals surface area contributed by atoms with Gasteiger partial charge in [0, 0.05) is 19.0 Å². The molecule has 2 heterocycles. The van der Waals surface area contributed by atoms with E-state index < -0.39 is 11.9 Å². The number of nitrogens with zero attached hydrogens (tertiary/aromatic N) is 1. The van der Waals surface area contributed by atoms with Gasteiger partial charge in [0.1, 0.15) is 13.2 Å².